The van der Waals surface area contributed by atoms with Crippen LogP contribution in [-0.4, -0.2) is 51.9 Å². The zero-order valence-corrected chi connectivity index (χ0v) is 14.3. The van der Waals surface area contributed by atoms with Crippen molar-refractivity contribution in [2.45, 2.75) is 25.2 Å². The highest BCUT2D eigenvalue weighted by atomic mass is 19.1. The summed E-state index contributed by atoms with van der Waals surface area (Å²) in [5, 5.41) is 3.02. The molecule has 138 valence electrons. The third-order valence-corrected chi connectivity index (χ3v) is 4.60. The van der Waals surface area contributed by atoms with Crippen molar-refractivity contribution in [2.75, 3.05) is 37.4 Å². The van der Waals surface area contributed by atoms with E-state index in [9.17, 15) is 4.39 Å². The summed E-state index contributed by atoms with van der Waals surface area (Å²) >= 11 is 0. The minimum absolute atomic E-state index is 0.149. The van der Waals surface area contributed by atoms with Crippen molar-refractivity contribution in [3.63, 3.8) is 0 Å². The number of aromatic nitrogens is 3. The Kier molecular flexibility index (Phi) is 4.66. The number of piperidine rings is 1. The largest absolute Gasteiger partial charge is 0.368 e. The van der Waals surface area contributed by atoms with Crippen LogP contribution >= 0.6 is 0 Å². The SMILES string of the molecule is Nc1nc(CN2CCC3(CC2)OCCO3)nc(Nc2ccc(F)cc2)n1. The number of hydrogen-bond acceptors (Lipinski definition) is 8. The molecule has 1 aromatic carbocycles. The van der Waals surface area contributed by atoms with Crippen molar-refractivity contribution in [3.05, 3.63) is 35.9 Å². The van der Waals surface area contributed by atoms with E-state index < -0.39 is 5.79 Å². The number of rotatable bonds is 4. The van der Waals surface area contributed by atoms with Crippen LogP contribution in [0.2, 0.25) is 0 Å². The van der Waals surface area contributed by atoms with E-state index in [1.54, 1.807) is 12.1 Å². The Morgan fingerprint density at radius 1 is 1.08 bits per heavy atom. The quantitative estimate of drug-likeness (QED) is 0.850. The molecule has 26 heavy (non-hydrogen) atoms. The number of halogens is 1. The minimum atomic E-state index is -0.399. The fraction of sp³-hybridized carbons (Fsp3) is 0.471. The Hall–Kier alpha value is -2.36. The summed E-state index contributed by atoms with van der Waals surface area (Å²) < 4.78 is 24.5. The predicted octanol–water partition coefficient (Wildman–Crippen LogP) is 1.68. The van der Waals surface area contributed by atoms with Crippen LogP contribution in [0.25, 0.3) is 0 Å². The fourth-order valence-corrected chi connectivity index (χ4v) is 3.26. The molecule has 4 rings (SSSR count). The molecule has 0 unspecified atom stereocenters. The van der Waals surface area contributed by atoms with Gasteiger partial charge in [0.05, 0.1) is 19.8 Å². The van der Waals surface area contributed by atoms with Crippen LogP contribution in [0.3, 0.4) is 0 Å². The Morgan fingerprint density at radius 3 is 2.46 bits per heavy atom. The van der Waals surface area contributed by atoms with E-state index in [-0.39, 0.29) is 11.8 Å². The lowest BCUT2D eigenvalue weighted by Crippen LogP contribution is -2.44. The summed E-state index contributed by atoms with van der Waals surface area (Å²) in [4.78, 5) is 15.0. The third-order valence-electron chi connectivity index (χ3n) is 4.60. The molecule has 0 bridgehead atoms. The van der Waals surface area contributed by atoms with Crippen LogP contribution < -0.4 is 11.1 Å². The van der Waals surface area contributed by atoms with Crippen LogP contribution in [0.1, 0.15) is 18.7 Å². The highest BCUT2D eigenvalue weighted by molar-refractivity contribution is 5.53. The maximum Gasteiger partial charge on any atom is 0.232 e. The van der Waals surface area contributed by atoms with Crippen molar-refractivity contribution >= 4 is 17.6 Å². The Balaban J connectivity index is 1.40. The van der Waals surface area contributed by atoms with Crippen LogP contribution in [0.15, 0.2) is 24.3 Å². The van der Waals surface area contributed by atoms with E-state index in [2.05, 4.69) is 25.2 Å². The van der Waals surface area contributed by atoms with Gasteiger partial charge in [-0.1, -0.05) is 0 Å². The molecule has 1 spiro atoms. The molecule has 0 aliphatic carbocycles. The van der Waals surface area contributed by atoms with Crippen molar-refractivity contribution in [2.24, 2.45) is 0 Å². The average molecular weight is 360 g/mol. The maximum atomic E-state index is 13.0. The van der Waals surface area contributed by atoms with Crippen molar-refractivity contribution in [1.29, 1.82) is 0 Å². The summed E-state index contributed by atoms with van der Waals surface area (Å²) in [6.07, 6.45) is 1.66. The van der Waals surface area contributed by atoms with Gasteiger partial charge in [-0.2, -0.15) is 15.0 Å². The molecular formula is C17H21FN6O2. The first-order chi connectivity index (χ1) is 12.6. The molecule has 2 aliphatic rings. The van der Waals surface area contributed by atoms with Gasteiger partial charge >= 0.3 is 0 Å². The van der Waals surface area contributed by atoms with Crippen molar-refractivity contribution in [1.82, 2.24) is 19.9 Å². The summed E-state index contributed by atoms with van der Waals surface area (Å²) in [5.41, 5.74) is 6.50. The first-order valence-corrected chi connectivity index (χ1v) is 8.64. The molecule has 9 heteroatoms. The monoisotopic (exact) mass is 360 g/mol. The molecule has 0 atom stereocenters. The molecular weight excluding hydrogens is 339 g/mol. The fourth-order valence-electron chi connectivity index (χ4n) is 3.26. The average Bonchev–Trinajstić information content (AvgIpc) is 3.07. The van der Waals surface area contributed by atoms with Gasteiger partial charge in [0.15, 0.2) is 5.79 Å². The number of nitrogen functional groups attached to an aromatic ring is 1. The number of nitrogens with zero attached hydrogens (tertiary/aromatic N) is 4. The van der Waals surface area contributed by atoms with Gasteiger partial charge < -0.3 is 20.5 Å². The normalized spacial score (nSPS) is 19.7. The molecule has 1 aromatic heterocycles. The van der Waals surface area contributed by atoms with E-state index in [1.807, 2.05) is 0 Å². The highest BCUT2D eigenvalue weighted by Gasteiger charge is 2.39. The maximum absolute atomic E-state index is 13.0. The Labute approximate surface area is 150 Å². The van der Waals surface area contributed by atoms with Crippen LogP contribution in [0.5, 0.6) is 0 Å². The molecule has 2 aromatic rings. The van der Waals surface area contributed by atoms with Gasteiger partial charge in [0.25, 0.3) is 0 Å². The molecule has 2 fully saturated rings. The van der Waals surface area contributed by atoms with Crippen LogP contribution in [0.4, 0.5) is 22.0 Å². The lowest BCUT2D eigenvalue weighted by molar-refractivity contribution is -0.185. The van der Waals surface area contributed by atoms with Crippen molar-refractivity contribution < 1.29 is 13.9 Å². The van der Waals surface area contributed by atoms with Crippen LogP contribution in [-0.2, 0) is 16.0 Å². The third kappa shape index (κ3) is 3.90. The molecule has 2 aliphatic heterocycles. The topological polar surface area (TPSA) is 98.4 Å². The van der Waals surface area contributed by atoms with E-state index in [0.29, 0.717) is 37.2 Å². The standard InChI is InChI=1S/C17H21FN6O2/c18-12-1-3-13(4-2-12)20-16-22-14(21-15(19)23-16)11-24-7-5-17(6-8-24)25-9-10-26-17/h1-4H,5-11H2,(H3,19,20,21,22,23). The molecule has 0 radical (unpaired) electrons. The first-order valence-electron chi connectivity index (χ1n) is 8.64. The van der Waals surface area contributed by atoms with E-state index in [1.165, 1.54) is 12.1 Å². The number of ether oxygens (including phenoxy) is 2. The van der Waals surface area contributed by atoms with E-state index >= 15 is 0 Å². The van der Waals surface area contributed by atoms with E-state index in [4.69, 9.17) is 15.2 Å². The second-order valence-electron chi connectivity index (χ2n) is 6.45. The zero-order valence-electron chi connectivity index (χ0n) is 14.3. The van der Waals surface area contributed by atoms with Gasteiger partial charge in [-0.25, -0.2) is 4.39 Å². The molecule has 0 amide bonds. The summed E-state index contributed by atoms with van der Waals surface area (Å²) in [5.74, 6) is 0.380. The van der Waals surface area contributed by atoms with Crippen LogP contribution in [0, 0.1) is 5.82 Å². The number of benzene rings is 1. The molecule has 8 nitrogen and oxygen atoms in total. The number of anilines is 3. The highest BCUT2D eigenvalue weighted by Crippen LogP contribution is 2.31. The van der Waals surface area contributed by atoms with Gasteiger partial charge in [-0.3, -0.25) is 4.90 Å². The smallest absolute Gasteiger partial charge is 0.232 e. The predicted molar refractivity (Wildman–Crippen MR) is 93.1 cm³/mol. The summed E-state index contributed by atoms with van der Waals surface area (Å²) in [7, 11) is 0. The number of nitrogens with one attached hydrogen (secondary N) is 1. The lowest BCUT2D eigenvalue weighted by Gasteiger charge is -2.37. The summed E-state index contributed by atoms with van der Waals surface area (Å²) in [6, 6.07) is 5.95. The Bertz CT molecular complexity index is 756. The molecule has 2 saturated heterocycles. The molecule has 3 heterocycles. The molecule has 3 N–H and O–H groups in total. The van der Waals surface area contributed by atoms with Gasteiger partial charge in [-0.05, 0) is 24.3 Å². The summed E-state index contributed by atoms with van der Waals surface area (Å²) in [6.45, 7) is 3.59. The van der Waals surface area contributed by atoms with Gasteiger partial charge in [-0.15, -0.1) is 0 Å². The van der Waals surface area contributed by atoms with Gasteiger partial charge in [0.2, 0.25) is 11.9 Å². The van der Waals surface area contributed by atoms with E-state index in [0.717, 1.165) is 25.9 Å². The second kappa shape index (κ2) is 7.10. The molecule has 0 saturated carbocycles. The number of nitrogens with two attached hydrogens (primary N) is 1. The number of hydrogen-bond donors (Lipinski definition) is 2. The zero-order chi connectivity index (χ0) is 18.0. The van der Waals surface area contributed by atoms with Gasteiger partial charge in [0.1, 0.15) is 11.6 Å². The second-order valence-corrected chi connectivity index (χ2v) is 6.45. The Morgan fingerprint density at radius 2 is 1.77 bits per heavy atom. The minimum Gasteiger partial charge on any atom is -0.368 e. The van der Waals surface area contributed by atoms with Gasteiger partial charge in [0, 0.05) is 31.6 Å². The lowest BCUT2D eigenvalue weighted by atomic mass is 10.0. The van der Waals surface area contributed by atoms with Crippen molar-refractivity contribution in [3.8, 4) is 0 Å². The first kappa shape index (κ1) is 17.1. The number of likely N-dealkylation sites (tertiary alicyclic amines) is 1.